The molecule has 4 heteroatoms. The van der Waals surface area contributed by atoms with Gasteiger partial charge >= 0.3 is 5.97 Å². The van der Waals surface area contributed by atoms with Crippen LogP contribution in [0, 0.1) is 0 Å². The van der Waals surface area contributed by atoms with Crippen molar-refractivity contribution in [3.63, 3.8) is 0 Å². The van der Waals surface area contributed by atoms with Gasteiger partial charge in [0.25, 0.3) is 0 Å². The Morgan fingerprint density at radius 3 is 3.00 bits per heavy atom. The lowest BCUT2D eigenvalue weighted by molar-refractivity contribution is -0.132. The number of aromatic nitrogens is 1. The first-order valence-electron chi connectivity index (χ1n) is 3.00. The Kier molecular flexibility index (Phi) is 2.06. The Labute approximate surface area is 63.2 Å². The topological polar surface area (TPSA) is 63.3 Å². The van der Waals surface area contributed by atoms with E-state index in [1.54, 1.807) is 0 Å². The molecule has 1 N–H and O–H groups in total. The zero-order chi connectivity index (χ0) is 8.27. The van der Waals surface area contributed by atoms with Crippen molar-refractivity contribution in [2.45, 2.75) is 6.92 Å². The van der Waals surface area contributed by atoms with E-state index in [-0.39, 0.29) is 5.57 Å². The lowest BCUT2D eigenvalue weighted by Gasteiger charge is -1.88. The number of hydrogen-bond acceptors (Lipinski definition) is 3. The monoisotopic (exact) mass is 153 g/mol. The maximum absolute atomic E-state index is 10.3. The molecule has 0 unspecified atom stereocenters. The van der Waals surface area contributed by atoms with Gasteiger partial charge in [-0.3, -0.25) is 0 Å². The van der Waals surface area contributed by atoms with E-state index in [4.69, 9.17) is 9.52 Å². The summed E-state index contributed by atoms with van der Waals surface area (Å²) in [5.74, 6) is -0.508. The molecule has 0 fully saturated rings. The molecule has 0 atom stereocenters. The molecule has 11 heavy (non-hydrogen) atoms. The molecule has 0 bridgehead atoms. The SMILES string of the molecule is C/C(=C\c1cnco1)C(=O)O. The molecular weight excluding hydrogens is 146 g/mol. The van der Waals surface area contributed by atoms with Gasteiger partial charge in [0, 0.05) is 5.57 Å². The summed E-state index contributed by atoms with van der Waals surface area (Å²) in [6, 6.07) is 0. The summed E-state index contributed by atoms with van der Waals surface area (Å²) in [4.78, 5) is 13.9. The fourth-order valence-corrected chi connectivity index (χ4v) is 0.572. The first-order chi connectivity index (χ1) is 5.20. The summed E-state index contributed by atoms with van der Waals surface area (Å²) >= 11 is 0. The zero-order valence-electron chi connectivity index (χ0n) is 5.94. The molecular formula is C7H7NO3. The summed E-state index contributed by atoms with van der Waals surface area (Å²) in [6.07, 6.45) is 4.11. The predicted molar refractivity (Wildman–Crippen MR) is 37.8 cm³/mol. The van der Waals surface area contributed by atoms with Crippen molar-refractivity contribution in [3.05, 3.63) is 23.9 Å². The van der Waals surface area contributed by atoms with Gasteiger partial charge in [0.15, 0.2) is 6.39 Å². The van der Waals surface area contributed by atoms with Crippen LogP contribution in [0.15, 0.2) is 22.6 Å². The van der Waals surface area contributed by atoms with Crippen LogP contribution >= 0.6 is 0 Å². The molecule has 0 amide bonds. The molecule has 0 aliphatic rings. The second kappa shape index (κ2) is 3.01. The average Bonchev–Trinajstić information content (AvgIpc) is 2.39. The maximum atomic E-state index is 10.3. The minimum Gasteiger partial charge on any atom is -0.478 e. The first kappa shape index (κ1) is 7.53. The third kappa shape index (κ3) is 1.93. The maximum Gasteiger partial charge on any atom is 0.331 e. The van der Waals surface area contributed by atoms with Gasteiger partial charge in [-0.15, -0.1) is 0 Å². The molecule has 0 saturated carbocycles. The van der Waals surface area contributed by atoms with Gasteiger partial charge in [-0.05, 0) is 13.0 Å². The van der Waals surface area contributed by atoms with Crippen LogP contribution in [0.2, 0.25) is 0 Å². The highest BCUT2D eigenvalue weighted by molar-refractivity contribution is 5.90. The molecule has 1 heterocycles. The zero-order valence-corrected chi connectivity index (χ0v) is 5.94. The van der Waals surface area contributed by atoms with Crippen molar-refractivity contribution >= 4 is 12.0 Å². The standard InChI is InChI=1S/C7H7NO3/c1-5(7(9)10)2-6-3-8-4-11-6/h2-4H,1H3,(H,9,10)/b5-2+. The van der Waals surface area contributed by atoms with Crippen LogP contribution in [0.5, 0.6) is 0 Å². The van der Waals surface area contributed by atoms with Crippen molar-refractivity contribution in [2.24, 2.45) is 0 Å². The van der Waals surface area contributed by atoms with E-state index in [1.165, 1.54) is 25.6 Å². The lowest BCUT2D eigenvalue weighted by atomic mass is 10.2. The Morgan fingerprint density at radius 2 is 2.55 bits per heavy atom. The van der Waals surface area contributed by atoms with E-state index in [0.717, 1.165) is 0 Å². The molecule has 1 aromatic rings. The number of hydrogen-bond donors (Lipinski definition) is 1. The van der Waals surface area contributed by atoms with Crippen LogP contribution in [-0.2, 0) is 4.79 Å². The second-order valence-electron chi connectivity index (χ2n) is 2.04. The van der Waals surface area contributed by atoms with Gasteiger partial charge < -0.3 is 9.52 Å². The molecule has 1 aromatic heterocycles. The van der Waals surface area contributed by atoms with Gasteiger partial charge in [-0.25, -0.2) is 9.78 Å². The summed E-state index contributed by atoms with van der Waals surface area (Å²) < 4.78 is 4.80. The third-order valence-corrected chi connectivity index (χ3v) is 1.15. The molecule has 1 rings (SSSR count). The molecule has 0 radical (unpaired) electrons. The van der Waals surface area contributed by atoms with Crippen molar-refractivity contribution in [1.82, 2.24) is 4.98 Å². The van der Waals surface area contributed by atoms with Crippen LogP contribution in [0.3, 0.4) is 0 Å². The van der Waals surface area contributed by atoms with E-state index in [2.05, 4.69) is 4.98 Å². The highest BCUT2D eigenvalue weighted by Crippen LogP contribution is 2.04. The van der Waals surface area contributed by atoms with Crippen LogP contribution in [0.25, 0.3) is 6.08 Å². The number of aliphatic carboxylic acids is 1. The minimum atomic E-state index is -0.957. The summed E-state index contributed by atoms with van der Waals surface area (Å²) in [6.45, 7) is 1.49. The van der Waals surface area contributed by atoms with Crippen LogP contribution in [0.1, 0.15) is 12.7 Å². The first-order valence-corrected chi connectivity index (χ1v) is 3.00. The Hall–Kier alpha value is -1.58. The highest BCUT2D eigenvalue weighted by atomic mass is 16.4. The highest BCUT2D eigenvalue weighted by Gasteiger charge is 2.00. The van der Waals surface area contributed by atoms with Gasteiger partial charge in [-0.2, -0.15) is 0 Å². The number of carbonyl (C=O) groups is 1. The molecule has 0 aromatic carbocycles. The summed E-state index contributed by atoms with van der Waals surface area (Å²) in [5.41, 5.74) is 0.224. The van der Waals surface area contributed by atoms with Crippen molar-refractivity contribution in [2.75, 3.05) is 0 Å². The molecule has 0 aliphatic heterocycles. The van der Waals surface area contributed by atoms with Crippen molar-refractivity contribution < 1.29 is 14.3 Å². The smallest absolute Gasteiger partial charge is 0.331 e. The van der Waals surface area contributed by atoms with Gasteiger partial charge in [0.1, 0.15) is 5.76 Å². The number of oxazole rings is 1. The quantitative estimate of drug-likeness (QED) is 0.647. The number of carboxylic acids is 1. The Balaban J connectivity index is 2.82. The summed E-state index contributed by atoms with van der Waals surface area (Å²) in [5, 5.41) is 8.45. The van der Waals surface area contributed by atoms with Gasteiger partial charge in [-0.1, -0.05) is 0 Å². The predicted octanol–water partition coefficient (Wildman–Crippen LogP) is 1.16. The second-order valence-corrected chi connectivity index (χ2v) is 2.04. The van der Waals surface area contributed by atoms with E-state index >= 15 is 0 Å². The molecule has 0 aliphatic carbocycles. The minimum absolute atomic E-state index is 0.224. The molecule has 58 valence electrons. The number of rotatable bonds is 2. The normalized spacial score (nSPS) is 11.5. The van der Waals surface area contributed by atoms with E-state index in [9.17, 15) is 4.79 Å². The fourth-order valence-electron chi connectivity index (χ4n) is 0.572. The molecule has 0 spiro atoms. The largest absolute Gasteiger partial charge is 0.478 e. The number of carboxylic acid groups (broad SMARTS) is 1. The van der Waals surface area contributed by atoms with Crippen molar-refractivity contribution in [1.29, 1.82) is 0 Å². The fraction of sp³-hybridized carbons (Fsp3) is 0.143. The lowest BCUT2D eigenvalue weighted by Crippen LogP contribution is -1.94. The Morgan fingerprint density at radius 1 is 1.82 bits per heavy atom. The summed E-state index contributed by atoms with van der Waals surface area (Å²) in [7, 11) is 0. The van der Waals surface area contributed by atoms with Crippen LogP contribution in [-0.4, -0.2) is 16.1 Å². The van der Waals surface area contributed by atoms with Gasteiger partial charge in [0.05, 0.1) is 6.20 Å². The third-order valence-electron chi connectivity index (χ3n) is 1.15. The molecule has 0 saturated heterocycles. The van der Waals surface area contributed by atoms with E-state index in [0.29, 0.717) is 5.76 Å². The number of nitrogens with zero attached hydrogens (tertiary/aromatic N) is 1. The van der Waals surface area contributed by atoms with Crippen molar-refractivity contribution in [3.8, 4) is 0 Å². The molecule has 4 nitrogen and oxygen atoms in total. The Bertz CT molecular complexity index is 274. The van der Waals surface area contributed by atoms with Gasteiger partial charge in [0.2, 0.25) is 0 Å². The van der Waals surface area contributed by atoms with E-state index < -0.39 is 5.97 Å². The average molecular weight is 153 g/mol. The van der Waals surface area contributed by atoms with Crippen LogP contribution in [0.4, 0.5) is 0 Å². The van der Waals surface area contributed by atoms with Crippen LogP contribution < -0.4 is 0 Å². The van der Waals surface area contributed by atoms with E-state index in [1.807, 2.05) is 0 Å².